The van der Waals surface area contributed by atoms with Gasteiger partial charge in [0.15, 0.2) is 0 Å². The summed E-state index contributed by atoms with van der Waals surface area (Å²) in [5, 5.41) is 3.33. The smallest absolute Gasteiger partial charge is 0.327 e. The molecule has 7 heteroatoms. The highest BCUT2D eigenvalue weighted by atomic mass is 16.5. The first kappa shape index (κ1) is 22.4. The van der Waals surface area contributed by atoms with Crippen molar-refractivity contribution in [3.8, 4) is 11.5 Å². The molecule has 0 spiro atoms. The summed E-state index contributed by atoms with van der Waals surface area (Å²) < 4.78 is 15.6. The first-order valence-corrected chi connectivity index (χ1v) is 9.98. The number of nitrogens with one attached hydrogen (secondary N) is 1. The van der Waals surface area contributed by atoms with E-state index in [1.165, 1.54) is 7.11 Å². The van der Waals surface area contributed by atoms with E-state index in [0.29, 0.717) is 23.4 Å². The summed E-state index contributed by atoms with van der Waals surface area (Å²) >= 11 is 0. The summed E-state index contributed by atoms with van der Waals surface area (Å²) in [5.74, 6) is 0.872. The SMILES string of the molecule is COC(=O)[C@H](N[C@@H]1C(C)=C(C)C(=O)N1Cc1ccc(OC)cc1)c1cccc(OC)c1. The second-order valence-electron chi connectivity index (χ2n) is 7.39. The van der Waals surface area contributed by atoms with Crippen molar-refractivity contribution in [3.63, 3.8) is 0 Å². The molecule has 1 aliphatic heterocycles. The molecule has 0 saturated heterocycles. The Balaban J connectivity index is 1.90. The van der Waals surface area contributed by atoms with Gasteiger partial charge >= 0.3 is 5.97 Å². The number of hydrogen-bond acceptors (Lipinski definition) is 6. The molecular weight excluding hydrogens is 396 g/mol. The zero-order valence-electron chi connectivity index (χ0n) is 18.5. The highest BCUT2D eigenvalue weighted by Crippen LogP contribution is 2.29. The number of benzene rings is 2. The Kier molecular flexibility index (Phi) is 6.97. The van der Waals surface area contributed by atoms with Crippen molar-refractivity contribution >= 4 is 11.9 Å². The lowest BCUT2D eigenvalue weighted by Gasteiger charge is -2.31. The van der Waals surface area contributed by atoms with E-state index in [4.69, 9.17) is 14.2 Å². The van der Waals surface area contributed by atoms with Gasteiger partial charge in [-0.25, -0.2) is 4.79 Å². The number of rotatable bonds is 8. The predicted octanol–water partition coefficient (Wildman–Crippen LogP) is 3.21. The van der Waals surface area contributed by atoms with E-state index < -0.39 is 18.2 Å². The normalized spacial score (nSPS) is 17.0. The van der Waals surface area contributed by atoms with Gasteiger partial charge in [-0.15, -0.1) is 0 Å². The molecule has 0 bridgehead atoms. The zero-order chi connectivity index (χ0) is 22.5. The number of amides is 1. The molecule has 0 aromatic heterocycles. The highest BCUT2D eigenvalue weighted by Gasteiger charge is 2.38. The molecule has 7 nitrogen and oxygen atoms in total. The van der Waals surface area contributed by atoms with Crippen molar-refractivity contribution in [1.29, 1.82) is 0 Å². The van der Waals surface area contributed by atoms with Crippen LogP contribution in [0.3, 0.4) is 0 Å². The molecule has 31 heavy (non-hydrogen) atoms. The van der Waals surface area contributed by atoms with Crippen LogP contribution in [0.2, 0.25) is 0 Å². The number of esters is 1. The van der Waals surface area contributed by atoms with Gasteiger partial charge in [-0.05, 0) is 54.8 Å². The second kappa shape index (κ2) is 9.66. The van der Waals surface area contributed by atoms with Crippen LogP contribution in [0.5, 0.6) is 11.5 Å². The van der Waals surface area contributed by atoms with Crippen LogP contribution in [-0.2, 0) is 20.9 Å². The average molecular weight is 424 g/mol. The third kappa shape index (κ3) is 4.72. The van der Waals surface area contributed by atoms with Crippen molar-refractivity contribution in [2.45, 2.75) is 32.6 Å². The van der Waals surface area contributed by atoms with E-state index in [1.807, 2.05) is 49.4 Å². The minimum atomic E-state index is -0.767. The summed E-state index contributed by atoms with van der Waals surface area (Å²) in [5.41, 5.74) is 3.19. The molecule has 3 rings (SSSR count). The lowest BCUT2D eigenvalue weighted by molar-refractivity contribution is -0.144. The molecule has 1 N–H and O–H groups in total. The number of ether oxygens (including phenoxy) is 3. The van der Waals surface area contributed by atoms with E-state index in [9.17, 15) is 9.59 Å². The number of carbonyl (C=O) groups excluding carboxylic acids is 2. The van der Waals surface area contributed by atoms with Gasteiger partial charge < -0.3 is 19.1 Å². The van der Waals surface area contributed by atoms with Crippen LogP contribution in [0.4, 0.5) is 0 Å². The quantitative estimate of drug-likeness (QED) is 0.656. The zero-order valence-corrected chi connectivity index (χ0v) is 18.5. The minimum Gasteiger partial charge on any atom is -0.497 e. The minimum absolute atomic E-state index is 0.0694. The Morgan fingerprint density at radius 2 is 1.71 bits per heavy atom. The van der Waals surface area contributed by atoms with Gasteiger partial charge in [-0.1, -0.05) is 24.3 Å². The van der Waals surface area contributed by atoms with Crippen molar-refractivity contribution in [3.05, 3.63) is 70.8 Å². The molecule has 0 unspecified atom stereocenters. The van der Waals surface area contributed by atoms with E-state index >= 15 is 0 Å². The number of hydrogen-bond donors (Lipinski definition) is 1. The fourth-order valence-electron chi connectivity index (χ4n) is 3.64. The van der Waals surface area contributed by atoms with E-state index in [1.54, 1.807) is 32.1 Å². The lowest BCUT2D eigenvalue weighted by Crippen LogP contribution is -2.48. The van der Waals surface area contributed by atoms with Gasteiger partial charge in [0.05, 0.1) is 21.3 Å². The maximum atomic E-state index is 13.0. The Bertz CT molecular complexity index is 984. The monoisotopic (exact) mass is 424 g/mol. The summed E-state index contributed by atoms with van der Waals surface area (Å²) in [4.78, 5) is 27.3. The fraction of sp³-hybridized carbons (Fsp3) is 0.333. The molecule has 1 aliphatic rings. The first-order chi connectivity index (χ1) is 14.9. The van der Waals surface area contributed by atoms with E-state index in [-0.39, 0.29) is 5.91 Å². The Morgan fingerprint density at radius 3 is 2.32 bits per heavy atom. The van der Waals surface area contributed by atoms with E-state index in [0.717, 1.165) is 16.9 Å². The molecule has 2 aromatic rings. The van der Waals surface area contributed by atoms with Gasteiger partial charge in [-0.2, -0.15) is 0 Å². The summed E-state index contributed by atoms with van der Waals surface area (Å²) in [6.45, 7) is 4.10. The van der Waals surface area contributed by atoms with Gasteiger partial charge in [0.25, 0.3) is 5.91 Å². The van der Waals surface area contributed by atoms with Crippen LogP contribution in [-0.4, -0.2) is 44.3 Å². The number of methoxy groups -OCH3 is 3. The maximum Gasteiger partial charge on any atom is 0.327 e. The molecule has 164 valence electrons. The molecule has 1 amide bonds. The molecule has 1 heterocycles. The molecule has 0 aliphatic carbocycles. The molecule has 0 fully saturated rings. The van der Waals surface area contributed by atoms with Crippen LogP contribution in [0, 0.1) is 0 Å². The van der Waals surface area contributed by atoms with Crippen LogP contribution >= 0.6 is 0 Å². The van der Waals surface area contributed by atoms with Gasteiger partial charge in [0.2, 0.25) is 0 Å². The Labute approximate surface area is 182 Å². The topological polar surface area (TPSA) is 77.1 Å². The van der Waals surface area contributed by atoms with Crippen molar-refractivity contribution in [2.24, 2.45) is 0 Å². The lowest BCUT2D eigenvalue weighted by atomic mass is 10.0. The average Bonchev–Trinajstić information content (AvgIpc) is 3.00. The van der Waals surface area contributed by atoms with Crippen LogP contribution in [0.1, 0.15) is 31.0 Å². The summed E-state index contributed by atoms with van der Waals surface area (Å²) in [6.07, 6.45) is -0.454. The molecule has 0 radical (unpaired) electrons. The standard InChI is InChI=1S/C24H28N2O5/c1-15-16(2)23(27)26(14-17-9-11-19(29-3)12-10-17)22(15)25-21(24(28)31-5)18-7-6-8-20(13-18)30-4/h6-13,21-22,25H,14H2,1-5H3/t21-,22+/m1/s1. The van der Waals surface area contributed by atoms with Gasteiger partial charge in [0.1, 0.15) is 23.7 Å². The maximum absolute atomic E-state index is 13.0. The number of carbonyl (C=O) groups is 2. The second-order valence-corrected chi connectivity index (χ2v) is 7.39. The molecule has 2 atom stereocenters. The van der Waals surface area contributed by atoms with Crippen LogP contribution < -0.4 is 14.8 Å². The third-order valence-electron chi connectivity index (χ3n) is 5.60. The molecule has 2 aromatic carbocycles. The van der Waals surface area contributed by atoms with Crippen LogP contribution in [0.15, 0.2) is 59.7 Å². The fourth-order valence-corrected chi connectivity index (χ4v) is 3.64. The van der Waals surface area contributed by atoms with Gasteiger partial charge in [-0.3, -0.25) is 10.1 Å². The Hall–Kier alpha value is -3.32. The third-order valence-corrected chi connectivity index (χ3v) is 5.60. The van der Waals surface area contributed by atoms with Crippen molar-refractivity contribution < 1.29 is 23.8 Å². The molecular formula is C24H28N2O5. The predicted molar refractivity (Wildman–Crippen MR) is 117 cm³/mol. The number of nitrogens with zero attached hydrogens (tertiary/aromatic N) is 1. The van der Waals surface area contributed by atoms with Gasteiger partial charge in [0, 0.05) is 12.1 Å². The largest absolute Gasteiger partial charge is 0.497 e. The van der Waals surface area contributed by atoms with Crippen molar-refractivity contribution in [1.82, 2.24) is 10.2 Å². The first-order valence-electron chi connectivity index (χ1n) is 9.98. The van der Waals surface area contributed by atoms with Crippen molar-refractivity contribution in [2.75, 3.05) is 21.3 Å². The van der Waals surface area contributed by atoms with E-state index in [2.05, 4.69) is 5.32 Å². The summed E-state index contributed by atoms with van der Waals surface area (Å²) in [7, 11) is 4.53. The van der Waals surface area contributed by atoms with Crippen LogP contribution in [0.25, 0.3) is 0 Å². The summed E-state index contributed by atoms with van der Waals surface area (Å²) in [6, 6.07) is 14.0. The molecule has 0 saturated carbocycles. The Morgan fingerprint density at radius 1 is 1.03 bits per heavy atom. The highest BCUT2D eigenvalue weighted by molar-refractivity contribution is 5.97.